The largest absolute Gasteiger partial charge is 0.398 e. The van der Waals surface area contributed by atoms with Crippen LogP contribution in [-0.2, 0) is 0 Å². The quantitative estimate of drug-likeness (QED) is 0.820. The molecule has 2 aromatic rings. The van der Waals surface area contributed by atoms with Crippen molar-refractivity contribution < 1.29 is 0 Å². The minimum absolute atomic E-state index is 0.939. The van der Waals surface area contributed by atoms with Gasteiger partial charge in [0.05, 0.1) is 0 Å². The first-order valence-electron chi connectivity index (χ1n) is 9.41. The Morgan fingerprint density at radius 2 is 1.28 bits per heavy atom. The molecule has 0 radical (unpaired) electrons. The molecule has 0 aliphatic carbocycles. The Morgan fingerprint density at radius 3 is 1.76 bits per heavy atom. The Morgan fingerprint density at radius 1 is 0.760 bits per heavy atom. The molecule has 2 rings (SSSR count). The molecular formula is C23H34N2. The Bertz CT molecular complexity index is 957. The summed E-state index contributed by atoms with van der Waals surface area (Å²) < 4.78 is 0. The number of fused-ring (bicyclic) bond motifs is 1. The van der Waals surface area contributed by atoms with Gasteiger partial charge in [-0.25, -0.2) is 0 Å². The summed E-state index contributed by atoms with van der Waals surface area (Å²) in [6.07, 6.45) is 2.05. The first-order chi connectivity index (χ1) is 11.7. The van der Waals surface area contributed by atoms with Crippen LogP contribution in [0.1, 0.15) is 61.4 Å². The predicted molar refractivity (Wildman–Crippen MR) is 113 cm³/mol. The maximum absolute atomic E-state index is 6.45. The number of rotatable bonds is 3. The fourth-order valence-electron chi connectivity index (χ4n) is 4.31. The summed E-state index contributed by atoms with van der Waals surface area (Å²) in [5, 5.41) is 8.98. The van der Waals surface area contributed by atoms with Gasteiger partial charge < -0.3 is 11.1 Å². The van der Waals surface area contributed by atoms with Crippen LogP contribution in [0.15, 0.2) is 0 Å². The molecule has 2 aromatic carbocycles. The number of hydrogen-bond acceptors (Lipinski definition) is 2. The van der Waals surface area contributed by atoms with Gasteiger partial charge in [-0.15, -0.1) is 0 Å². The average molecular weight is 339 g/mol. The lowest BCUT2D eigenvalue weighted by Crippen LogP contribution is -2.37. The summed E-state index contributed by atoms with van der Waals surface area (Å²) in [6.45, 7) is 17.8. The van der Waals surface area contributed by atoms with E-state index in [1.54, 1.807) is 0 Å². The number of benzene rings is 2. The van der Waals surface area contributed by atoms with Crippen LogP contribution in [-0.4, -0.2) is 7.05 Å². The first-order valence-corrected chi connectivity index (χ1v) is 9.41. The van der Waals surface area contributed by atoms with Gasteiger partial charge in [0.1, 0.15) is 0 Å². The van der Waals surface area contributed by atoms with Crippen LogP contribution < -0.4 is 21.5 Å². The molecule has 0 atom stereocenters. The van der Waals surface area contributed by atoms with E-state index in [9.17, 15) is 0 Å². The molecule has 0 fully saturated rings. The minimum Gasteiger partial charge on any atom is -0.398 e. The first kappa shape index (κ1) is 19.4. The molecule has 25 heavy (non-hydrogen) atoms. The average Bonchev–Trinajstić information content (AvgIpc) is 2.60. The molecule has 0 aliphatic rings. The van der Waals surface area contributed by atoms with Crippen LogP contribution in [0.3, 0.4) is 0 Å². The molecule has 0 heterocycles. The second kappa shape index (κ2) is 7.11. The van der Waals surface area contributed by atoms with Crippen LogP contribution in [0.2, 0.25) is 0 Å². The number of anilines is 1. The maximum Gasteiger partial charge on any atom is 0.0382 e. The molecule has 2 nitrogen and oxygen atoms in total. The van der Waals surface area contributed by atoms with E-state index < -0.39 is 0 Å². The van der Waals surface area contributed by atoms with Crippen molar-refractivity contribution in [2.75, 3.05) is 12.8 Å². The van der Waals surface area contributed by atoms with E-state index in [0.717, 1.165) is 18.5 Å². The highest BCUT2D eigenvalue weighted by atomic mass is 14.8. The molecule has 0 unspecified atom stereocenters. The zero-order valence-electron chi connectivity index (χ0n) is 17.5. The third-order valence-electron chi connectivity index (χ3n) is 6.03. The Hall–Kier alpha value is -1.96. The molecular weight excluding hydrogens is 304 g/mol. The fraction of sp³-hybridized carbons (Fsp3) is 0.478. The SMILES string of the molecule is CC/C(C)=c1/c(C)c2c(C)c(N)c(C)c(C)c2c(C)/c1=C(/CC)NC. The third kappa shape index (κ3) is 2.82. The van der Waals surface area contributed by atoms with Gasteiger partial charge in [0.2, 0.25) is 0 Å². The van der Waals surface area contributed by atoms with Crippen molar-refractivity contribution in [3.63, 3.8) is 0 Å². The van der Waals surface area contributed by atoms with Gasteiger partial charge >= 0.3 is 0 Å². The van der Waals surface area contributed by atoms with Crippen LogP contribution in [0.5, 0.6) is 0 Å². The van der Waals surface area contributed by atoms with E-state index in [-0.39, 0.29) is 0 Å². The highest BCUT2D eigenvalue weighted by Gasteiger charge is 2.17. The van der Waals surface area contributed by atoms with Gasteiger partial charge in [-0.1, -0.05) is 19.4 Å². The lowest BCUT2D eigenvalue weighted by Gasteiger charge is -2.21. The predicted octanol–water partition coefficient (Wildman–Crippen LogP) is 4.28. The Balaban J connectivity index is 3.44. The number of aryl methyl sites for hydroxylation is 4. The fourth-order valence-corrected chi connectivity index (χ4v) is 4.31. The Kier molecular flexibility index (Phi) is 5.51. The standard InChI is InChI=1S/C23H34N2/c1-10-12(3)19-15(6)21-17(8)23(24)14(5)13(4)20(21)16(7)22(19)18(11-2)25-9/h25H,10-11,24H2,1-9H3/b19-12-,22-18+. The molecule has 0 spiro atoms. The summed E-state index contributed by atoms with van der Waals surface area (Å²) in [5.74, 6) is 0. The van der Waals surface area contributed by atoms with Crippen molar-refractivity contribution >= 4 is 27.7 Å². The van der Waals surface area contributed by atoms with Crippen molar-refractivity contribution in [1.82, 2.24) is 5.32 Å². The van der Waals surface area contributed by atoms with Crippen molar-refractivity contribution in [2.24, 2.45) is 0 Å². The number of nitrogen functional groups attached to an aromatic ring is 1. The Labute approximate surface area is 152 Å². The summed E-state index contributed by atoms with van der Waals surface area (Å²) in [6, 6.07) is 0. The summed E-state index contributed by atoms with van der Waals surface area (Å²) in [5.41, 5.74) is 16.6. The van der Waals surface area contributed by atoms with Gasteiger partial charge in [-0.2, -0.15) is 0 Å². The summed E-state index contributed by atoms with van der Waals surface area (Å²) >= 11 is 0. The molecule has 136 valence electrons. The molecule has 0 aromatic heterocycles. The second-order valence-electron chi connectivity index (χ2n) is 7.25. The van der Waals surface area contributed by atoms with E-state index in [1.165, 1.54) is 60.3 Å². The zero-order chi connectivity index (χ0) is 19.0. The van der Waals surface area contributed by atoms with E-state index in [4.69, 9.17) is 5.73 Å². The summed E-state index contributed by atoms with van der Waals surface area (Å²) in [7, 11) is 2.04. The monoisotopic (exact) mass is 338 g/mol. The van der Waals surface area contributed by atoms with E-state index in [1.807, 2.05) is 7.05 Å². The van der Waals surface area contributed by atoms with Crippen molar-refractivity contribution in [2.45, 2.75) is 68.2 Å². The van der Waals surface area contributed by atoms with Crippen molar-refractivity contribution in [3.8, 4) is 0 Å². The summed E-state index contributed by atoms with van der Waals surface area (Å²) in [4.78, 5) is 0. The smallest absolute Gasteiger partial charge is 0.0382 e. The molecule has 3 N–H and O–H groups in total. The van der Waals surface area contributed by atoms with Crippen LogP contribution in [0.4, 0.5) is 5.69 Å². The molecule has 2 heteroatoms. The van der Waals surface area contributed by atoms with E-state index in [0.29, 0.717) is 0 Å². The lowest BCUT2D eigenvalue weighted by atomic mass is 9.85. The van der Waals surface area contributed by atoms with Crippen LogP contribution >= 0.6 is 0 Å². The zero-order valence-corrected chi connectivity index (χ0v) is 17.5. The van der Waals surface area contributed by atoms with Crippen LogP contribution in [0, 0.1) is 34.6 Å². The van der Waals surface area contributed by atoms with Gasteiger partial charge in [-0.05, 0) is 98.2 Å². The van der Waals surface area contributed by atoms with Gasteiger partial charge in [0, 0.05) is 23.7 Å². The van der Waals surface area contributed by atoms with Gasteiger partial charge in [-0.3, -0.25) is 0 Å². The normalized spacial score (nSPS) is 14.0. The van der Waals surface area contributed by atoms with E-state index >= 15 is 0 Å². The third-order valence-corrected chi connectivity index (χ3v) is 6.03. The molecule has 0 aliphatic heterocycles. The number of hydrogen-bond donors (Lipinski definition) is 2. The number of nitrogens with two attached hydrogens (primary N) is 1. The lowest BCUT2D eigenvalue weighted by molar-refractivity contribution is 1.01. The number of nitrogens with one attached hydrogen (secondary N) is 1. The molecule has 0 amide bonds. The minimum atomic E-state index is 0.939. The van der Waals surface area contributed by atoms with Gasteiger partial charge in [0.15, 0.2) is 0 Å². The van der Waals surface area contributed by atoms with Crippen LogP contribution in [0.25, 0.3) is 22.0 Å². The van der Waals surface area contributed by atoms with Gasteiger partial charge in [0.25, 0.3) is 0 Å². The van der Waals surface area contributed by atoms with E-state index in [2.05, 4.69) is 60.7 Å². The van der Waals surface area contributed by atoms with Crippen molar-refractivity contribution in [3.05, 3.63) is 38.3 Å². The molecule has 0 bridgehead atoms. The second-order valence-corrected chi connectivity index (χ2v) is 7.25. The topological polar surface area (TPSA) is 38.0 Å². The van der Waals surface area contributed by atoms with Crippen molar-refractivity contribution in [1.29, 1.82) is 0 Å². The maximum atomic E-state index is 6.45. The highest BCUT2D eigenvalue weighted by molar-refractivity contribution is 5.99. The highest BCUT2D eigenvalue weighted by Crippen LogP contribution is 2.33. The molecule has 0 saturated heterocycles. The molecule has 0 saturated carbocycles.